The van der Waals surface area contributed by atoms with Crippen LogP contribution in [0.2, 0.25) is 0 Å². The molecule has 0 radical (unpaired) electrons. The summed E-state index contributed by atoms with van der Waals surface area (Å²) < 4.78 is 14.2. The first-order valence-electron chi connectivity index (χ1n) is 12.2. The Morgan fingerprint density at radius 3 is 2.54 bits per heavy atom. The minimum Gasteiger partial charge on any atom is -0.496 e. The van der Waals surface area contributed by atoms with E-state index in [0.29, 0.717) is 46.0 Å². The Bertz CT molecular complexity index is 1540. The van der Waals surface area contributed by atoms with Crippen LogP contribution in [-0.4, -0.2) is 42.2 Å². The second-order valence-corrected chi connectivity index (χ2v) is 10.3. The molecule has 4 rings (SSSR count). The van der Waals surface area contributed by atoms with Crippen LogP contribution in [0.25, 0.3) is 6.08 Å². The number of thiazole rings is 1. The lowest BCUT2D eigenvalue weighted by Gasteiger charge is -2.29. The monoisotopic (exact) mass is 583 g/mol. The number of para-hydroxylation sites is 1. The highest BCUT2D eigenvalue weighted by molar-refractivity contribution is 9.10. The topological polar surface area (TPSA) is 73.1 Å². The van der Waals surface area contributed by atoms with E-state index >= 15 is 0 Å². The summed E-state index contributed by atoms with van der Waals surface area (Å²) in [5.74, 6) is 1.22. The molecule has 1 aliphatic rings. The minimum absolute atomic E-state index is 0.133. The van der Waals surface area contributed by atoms with E-state index < -0.39 is 6.04 Å². The Labute approximate surface area is 228 Å². The molecule has 1 aliphatic heterocycles. The molecule has 0 fully saturated rings. The third kappa shape index (κ3) is 5.15. The van der Waals surface area contributed by atoms with Crippen LogP contribution in [-0.2, 0) is 4.79 Å². The van der Waals surface area contributed by atoms with Crippen molar-refractivity contribution in [2.75, 3.05) is 26.8 Å². The van der Waals surface area contributed by atoms with Gasteiger partial charge in [-0.05, 0) is 73.5 Å². The number of hydrogen-bond acceptors (Lipinski definition) is 6. The zero-order valence-corrected chi connectivity index (χ0v) is 24.0. The number of methoxy groups -OCH3 is 1. The van der Waals surface area contributed by atoms with Crippen LogP contribution < -0.4 is 24.4 Å². The van der Waals surface area contributed by atoms with Crippen molar-refractivity contribution in [1.29, 1.82) is 0 Å². The number of fused-ring (bicyclic) bond motifs is 1. The first kappa shape index (κ1) is 26.9. The molecule has 0 aliphatic carbocycles. The fourth-order valence-electron chi connectivity index (χ4n) is 4.49. The number of rotatable bonds is 8. The first-order valence-corrected chi connectivity index (χ1v) is 13.8. The number of aromatic nitrogens is 1. The van der Waals surface area contributed by atoms with Crippen LogP contribution in [0.15, 0.2) is 68.0 Å². The molecule has 2 aromatic carbocycles. The van der Waals surface area contributed by atoms with Crippen LogP contribution in [0.1, 0.15) is 44.9 Å². The minimum atomic E-state index is -0.658. The summed E-state index contributed by atoms with van der Waals surface area (Å²) in [4.78, 5) is 34.7. The molecule has 0 N–H and O–H groups in total. The van der Waals surface area contributed by atoms with Gasteiger partial charge in [0, 0.05) is 18.7 Å². The Morgan fingerprint density at radius 1 is 1.16 bits per heavy atom. The largest absolute Gasteiger partial charge is 0.496 e. The number of nitrogens with zero attached hydrogens (tertiary/aromatic N) is 3. The molecule has 2 heterocycles. The van der Waals surface area contributed by atoms with Gasteiger partial charge in [0.2, 0.25) is 0 Å². The molecule has 1 atom stereocenters. The zero-order chi connectivity index (χ0) is 26.7. The summed E-state index contributed by atoms with van der Waals surface area (Å²) in [5.41, 5.74) is 2.47. The van der Waals surface area contributed by atoms with Crippen LogP contribution >= 0.6 is 27.3 Å². The standard InChI is InChI=1S/C28H30BrN3O4S/c1-6-31(7-2)27(34)24-17(4)30-28-32(25(24)19-11-9-10-12-21(19)35-5)26(33)23(37-28)16-18-13-14-22(36-8-3)20(29)15-18/h9-16,25H,6-8H2,1-5H3/b23-16+/t25-/m1/s1. The van der Waals surface area contributed by atoms with Crippen molar-refractivity contribution in [3.8, 4) is 11.5 Å². The van der Waals surface area contributed by atoms with Crippen molar-refractivity contribution in [2.45, 2.75) is 33.7 Å². The Hall–Kier alpha value is -3.17. The van der Waals surface area contributed by atoms with Crippen LogP contribution in [0.3, 0.4) is 0 Å². The van der Waals surface area contributed by atoms with Crippen molar-refractivity contribution in [2.24, 2.45) is 4.99 Å². The maximum absolute atomic E-state index is 13.9. The van der Waals surface area contributed by atoms with Gasteiger partial charge in [0.25, 0.3) is 11.5 Å². The zero-order valence-electron chi connectivity index (χ0n) is 21.6. The molecule has 0 bridgehead atoms. The predicted molar refractivity (Wildman–Crippen MR) is 150 cm³/mol. The average Bonchev–Trinajstić information content (AvgIpc) is 3.19. The number of likely N-dealkylation sites (N-methyl/N-ethyl adjacent to an activating group) is 1. The molecule has 0 saturated heterocycles. The fourth-order valence-corrected chi connectivity index (χ4v) is 6.05. The highest BCUT2D eigenvalue weighted by atomic mass is 79.9. The normalized spacial score (nSPS) is 15.3. The van der Waals surface area contributed by atoms with Gasteiger partial charge in [-0.1, -0.05) is 35.6 Å². The van der Waals surface area contributed by atoms with Gasteiger partial charge >= 0.3 is 0 Å². The third-order valence-corrected chi connectivity index (χ3v) is 7.89. The van der Waals surface area contributed by atoms with Gasteiger partial charge in [-0.15, -0.1) is 0 Å². The smallest absolute Gasteiger partial charge is 0.271 e. The number of carbonyl (C=O) groups excluding carboxylic acids is 1. The summed E-state index contributed by atoms with van der Waals surface area (Å²) in [6.07, 6.45) is 1.84. The summed E-state index contributed by atoms with van der Waals surface area (Å²) in [6, 6.07) is 12.6. The molecule has 0 saturated carbocycles. The van der Waals surface area contributed by atoms with Crippen molar-refractivity contribution in [1.82, 2.24) is 9.47 Å². The van der Waals surface area contributed by atoms with Crippen molar-refractivity contribution >= 4 is 39.2 Å². The lowest BCUT2D eigenvalue weighted by molar-refractivity contribution is -0.127. The molecular weight excluding hydrogens is 554 g/mol. The second kappa shape index (κ2) is 11.5. The molecule has 1 aromatic heterocycles. The van der Waals surface area contributed by atoms with Crippen LogP contribution in [0.4, 0.5) is 0 Å². The van der Waals surface area contributed by atoms with E-state index in [-0.39, 0.29) is 11.5 Å². The molecular formula is C28H30BrN3O4S. The van der Waals surface area contributed by atoms with Crippen molar-refractivity contribution in [3.05, 3.63) is 89.0 Å². The van der Waals surface area contributed by atoms with Gasteiger partial charge in [-0.3, -0.25) is 14.2 Å². The number of allylic oxidation sites excluding steroid dienone is 1. The van der Waals surface area contributed by atoms with Crippen LogP contribution in [0.5, 0.6) is 11.5 Å². The quantitative estimate of drug-likeness (QED) is 0.397. The molecule has 0 spiro atoms. The maximum Gasteiger partial charge on any atom is 0.271 e. The van der Waals surface area contributed by atoms with Gasteiger partial charge in [-0.25, -0.2) is 4.99 Å². The van der Waals surface area contributed by atoms with Gasteiger partial charge in [0.1, 0.15) is 17.5 Å². The van der Waals surface area contributed by atoms with Crippen molar-refractivity contribution < 1.29 is 14.3 Å². The molecule has 9 heteroatoms. The number of benzene rings is 2. The van der Waals surface area contributed by atoms with E-state index in [1.807, 2.05) is 76.2 Å². The van der Waals surface area contributed by atoms with E-state index in [9.17, 15) is 9.59 Å². The second-order valence-electron chi connectivity index (χ2n) is 8.42. The highest BCUT2D eigenvalue weighted by Gasteiger charge is 2.35. The molecule has 0 unspecified atom stereocenters. The molecule has 3 aromatic rings. The number of halogens is 1. The predicted octanol–water partition coefficient (Wildman–Crippen LogP) is 4.27. The number of ether oxygens (including phenoxy) is 2. The fraction of sp³-hybridized carbons (Fsp3) is 0.321. The average molecular weight is 585 g/mol. The Balaban J connectivity index is 1.94. The number of carbonyl (C=O) groups is 1. The number of amides is 1. The summed E-state index contributed by atoms with van der Waals surface area (Å²) in [7, 11) is 1.59. The van der Waals surface area contributed by atoms with Gasteiger partial charge in [-0.2, -0.15) is 0 Å². The Morgan fingerprint density at radius 2 is 1.89 bits per heavy atom. The van der Waals surface area contributed by atoms with Gasteiger partial charge in [0.05, 0.1) is 34.0 Å². The van der Waals surface area contributed by atoms with Crippen molar-refractivity contribution in [3.63, 3.8) is 0 Å². The lowest BCUT2D eigenvalue weighted by atomic mass is 9.94. The van der Waals surface area contributed by atoms with Gasteiger partial charge in [0.15, 0.2) is 4.80 Å². The summed E-state index contributed by atoms with van der Waals surface area (Å²) in [6.45, 7) is 9.33. The summed E-state index contributed by atoms with van der Waals surface area (Å²) >= 11 is 4.85. The van der Waals surface area contributed by atoms with E-state index in [1.165, 1.54) is 11.3 Å². The molecule has 37 heavy (non-hydrogen) atoms. The first-order chi connectivity index (χ1) is 17.8. The van der Waals surface area contributed by atoms with E-state index in [1.54, 1.807) is 16.6 Å². The van der Waals surface area contributed by atoms with Crippen LogP contribution in [0, 0.1) is 0 Å². The Kier molecular flexibility index (Phi) is 8.34. The molecule has 1 amide bonds. The van der Waals surface area contributed by atoms with Gasteiger partial charge < -0.3 is 14.4 Å². The molecule has 7 nitrogen and oxygen atoms in total. The third-order valence-electron chi connectivity index (χ3n) is 6.29. The van der Waals surface area contributed by atoms with E-state index in [2.05, 4.69) is 15.9 Å². The lowest BCUT2D eigenvalue weighted by Crippen LogP contribution is -2.43. The highest BCUT2D eigenvalue weighted by Crippen LogP contribution is 2.36. The van der Waals surface area contributed by atoms with E-state index in [4.69, 9.17) is 14.5 Å². The maximum atomic E-state index is 13.9. The number of hydrogen-bond donors (Lipinski definition) is 0. The summed E-state index contributed by atoms with van der Waals surface area (Å²) in [5, 5.41) is 0. The SMILES string of the molecule is CCOc1ccc(/C=c2/sc3n(c2=O)[C@H](c2ccccc2OC)C(C(=O)N(CC)CC)=C(C)N=3)cc1Br. The molecule has 194 valence electrons. The van der Waals surface area contributed by atoms with E-state index in [0.717, 1.165) is 21.3 Å².